The first-order chi connectivity index (χ1) is 15.3. The maximum absolute atomic E-state index is 5.82. The summed E-state index contributed by atoms with van der Waals surface area (Å²) in [5.74, 6) is 1.75. The van der Waals surface area contributed by atoms with Crippen LogP contribution < -0.4 is 15.4 Å². The minimum absolute atomic E-state index is 0.218. The third kappa shape index (κ3) is 7.37. The Morgan fingerprint density at radius 1 is 1.13 bits per heavy atom. The molecule has 1 saturated carbocycles. The third-order valence-corrected chi connectivity index (χ3v) is 6.39. The number of aliphatic imine (C=N–C) groups is 1. The van der Waals surface area contributed by atoms with Gasteiger partial charge in [0.05, 0.1) is 19.8 Å². The lowest BCUT2D eigenvalue weighted by Gasteiger charge is -2.48. The lowest BCUT2D eigenvalue weighted by molar-refractivity contribution is -0.0352. The Balaban J connectivity index is 1.50. The first-order valence-electron chi connectivity index (χ1n) is 11.7. The van der Waals surface area contributed by atoms with Gasteiger partial charge in [0, 0.05) is 58.9 Å². The van der Waals surface area contributed by atoms with Gasteiger partial charge in [-0.1, -0.05) is 31.4 Å². The maximum Gasteiger partial charge on any atom is 0.191 e. The fourth-order valence-corrected chi connectivity index (χ4v) is 4.65. The molecule has 1 aliphatic carbocycles. The van der Waals surface area contributed by atoms with Gasteiger partial charge in [0.25, 0.3) is 0 Å². The molecule has 1 aromatic carbocycles. The molecule has 0 radical (unpaired) electrons. The van der Waals surface area contributed by atoms with Crippen molar-refractivity contribution in [1.29, 1.82) is 0 Å². The van der Waals surface area contributed by atoms with Gasteiger partial charge >= 0.3 is 0 Å². The van der Waals surface area contributed by atoms with E-state index in [1.807, 2.05) is 19.2 Å². The number of hydrogen-bond acceptors (Lipinski definition) is 5. The van der Waals surface area contributed by atoms with Crippen LogP contribution in [0.25, 0.3) is 0 Å². The fourth-order valence-electron chi connectivity index (χ4n) is 4.65. The minimum Gasteiger partial charge on any atom is -0.493 e. The van der Waals surface area contributed by atoms with Crippen LogP contribution in [0.1, 0.15) is 44.1 Å². The van der Waals surface area contributed by atoms with Crippen molar-refractivity contribution < 1.29 is 14.2 Å². The Morgan fingerprint density at radius 2 is 1.94 bits per heavy atom. The summed E-state index contributed by atoms with van der Waals surface area (Å²) in [6.07, 6.45) is 7.35. The molecule has 0 amide bonds. The molecule has 0 unspecified atom stereocenters. The van der Waals surface area contributed by atoms with Crippen LogP contribution in [0.15, 0.2) is 29.3 Å². The van der Waals surface area contributed by atoms with Gasteiger partial charge in [-0.15, -0.1) is 0 Å². The molecule has 7 heteroatoms. The van der Waals surface area contributed by atoms with E-state index in [-0.39, 0.29) is 5.54 Å². The topological polar surface area (TPSA) is 67.4 Å². The van der Waals surface area contributed by atoms with Crippen molar-refractivity contribution in [3.63, 3.8) is 0 Å². The molecule has 1 aliphatic heterocycles. The number of ether oxygens (including phenoxy) is 3. The Morgan fingerprint density at radius 3 is 2.68 bits per heavy atom. The number of nitrogens with one attached hydrogen (secondary N) is 2. The monoisotopic (exact) mass is 432 g/mol. The van der Waals surface area contributed by atoms with E-state index in [9.17, 15) is 0 Å². The molecule has 0 bridgehead atoms. The summed E-state index contributed by atoms with van der Waals surface area (Å²) in [5, 5.41) is 7.09. The molecule has 1 aromatic rings. The van der Waals surface area contributed by atoms with Crippen LogP contribution in [-0.4, -0.2) is 76.6 Å². The molecular weight excluding hydrogens is 392 g/mol. The normalized spacial score (nSPS) is 19.7. The highest BCUT2D eigenvalue weighted by molar-refractivity contribution is 5.79. The Labute approximate surface area is 187 Å². The lowest BCUT2D eigenvalue weighted by Crippen LogP contribution is -2.60. The van der Waals surface area contributed by atoms with Crippen molar-refractivity contribution in [2.75, 3.05) is 60.2 Å². The first-order valence-corrected chi connectivity index (χ1v) is 11.7. The highest BCUT2D eigenvalue weighted by atomic mass is 16.5. The van der Waals surface area contributed by atoms with Crippen LogP contribution in [0.2, 0.25) is 0 Å². The molecular formula is C24H40N4O3. The Hall–Kier alpha value is -1.83. The summed E-state index contributed by atoms with van der Waals surface area (Å²) in [4.78, 5) is 7.12. The third-order valence-electron chi connectivity index (χ3n) is 6.39. The van der Waals surface area contributed by atoms with Crippen molar-refractivity contribution in [3.8, 4) is 5.75 Å². The largest absolute Gasteiger partial charge is 0.493 e. The van der Waals surface area contributed by atoms with Crippen LogP contribution in [0.4, 0.5) is 0 Å². The lowest BCUT2D eigenvalue weighted by atomic mass is 9.80. The van der Waals surface area contributed by atoms with Crippen molar-refractivity contribution in [2.45, 2.75) is 50.6 Å². The number of methoxy groups -OCH3 is 1. The van der Waals surface area contributed by atoms with Crippen molar-refractivity contribution in [1.82, 2.24) is 15.5 Å². The summed E-state index contributed by atoms with van der Waals surface area (Å²) in [6, 6.07) is 8.23. The van der Waals surface area contributed by atoms with Gasteiger partial charge in [-0.05, 0) is 30.5 Å². The molecule has 0 atom stereocenters. The maximum atomic E-state index is 5.82. The smallest absolute Gasteiger partial charge is 0.191 e. The molecule has 0 aromatic heterocycles. The predicted molar refractivity (Wildman–Crippen MR) is 125 cm³/mol. The van der Waals surface area contributed by atoms with Crippen molar-refractivity contribution in [3.05, 3.63) is 29.8 Å². The SMILES string of the molecule is CN=C(NCc1cccc(OCCCOC)c1)NCC1(N2CCOCC2)CCCCC1. The van der Waals surface area contributed by atoms with Gasteiger partial charge < -0.3 is 24.8 Å². The van der Waals surface area contributed by atoms with Crippen LogP contribution in [0.5, 0.6) is 5.75 Å². The molecule has 7 nitrogen and oxygen atoms in total. The number of rotatable bonds is 10. The zero-order valence-electron chi connectivity index (χ0n) is 19.3. The van der Waals surface area contributed by atoms with E-state index in [4.69, 9.17) is 14.2 Å². The van der Waals surface area contributed by atoms with Gasteiger partial charge in [0.15, 0.2) is 5.96 Å². The second-order valence-electron chi connectivity index (χ2n) is 8.51. The molecule has 2 fully saturated rings. The summed E-state index contributed by atoms with van der Waals surface area (Å²) >= 11 is 0. The molecule has 2 N–H and O–H groups in total. The number of guanidine groups is 1. The van der Waals surface area contributed by atoms with Gasteiger partial charge in [0.2, 0.25) is 0 Å². The van der Waals surface area contributed by atoms with Crippen molar-refractivity contribution >= 4 is 5.96 Å². The second kappa shape index (κ2) is 12.9. The average molecular weight is 433 g/mol. The molecule has 174 valence electrons. The fraction of sp³-hybridized carbons (Fsp3) is 0.708. The van der Waals surface area contributed by atoms with E-state index in [0.29, 0.717) is 13.2 Å². The van der Waals surface area contributed by atoms with Crippen LogP contribution in [-0.2, 0) is 16.0 Å². The highest BCUT2D eigenvalue weighted by Gasteiger charge is 2.38. The number of benzene rings is 1. The van der Waals surface area contributed by atoms with E-state index in [2.05, 4.69) is 32.7 Å². The van der Waals surface area contributed by atoms with Crippen LogP contribution in [0.3, 0.4) is 0 Å². The van der Waals surface area contributed by atoms with E-state index >= 15 is 0 Å². The van der Waals surface area contributed by atoms with E-state index in [0.717, 1.165) is 57.6 Å². The quantitative estimate of drug-likeness (QED) is 0.337. The molecule has 31 heavy (non-hydrogen) atoms. The standard InChI is InChI=1S/C24H40N4O3/c1-25-23(26-19-21-8-6-9-22(18-21)31-15-7-14-29-2)27-20-24(10-4-3-5-11-24)28-12-16-30-17-13-28/h6,8-9,18H,3-5,7,10-17,19-20H2,1-2H3,(H2,25,26,27). The Kier molecular flexibility index (Phi) is 9.90. The van der Waals surface area contributed by atoms with Crippen LogP contribution >= 0.6 is 0 Å². The molecule has 0 spiro atoms. The Bertz CT molecular complexity index is 671. The van der Waals surface area contributed by atoms with Crippen molar-refractivity contribution in [2.24, 2.45) is 4.99 Å². The molecule has 1 saturated heterocycles. The molecule has 3 rings (SSSR count). The number of nitrogens with zero attached hydrogens (tertiary/aromatic N) is 2. The van der Waals surface area contributed by atoms with Gasteiger partial charge in [-0.25, -0.2) is 0 Å². The number of hydrogen-bond donors (Lipinski definition) is 2. The minimum atomic E-state index is 0.218. The summed E-state index contributed by atoms with van der Waals surface area (Å²) in [6.45, 7) is 6.77. The highest BCUT2D eigenvalue weighted by Crippen LogP contribution is 2.33. The predicted octanol–water partition coefficient (Wildman–Crippen LogP) is 2.80. The van der Waals surface area contributed by atoms with Crippen LogP contribution in [0, 0.1) is 0 Å². The van der Waals surface area contributed by atoms with E-state index in [1.165, 1.54) is 37.7 Å². The summed E-state index contributed by atoms with van der Waals surface area (Å²) in [7, 11) is 3.55. The number of morpholine rings is 1. The summed E-state index contributed by atoms with van der Waals surface area (Å²) < 4.78 is 16.5. The van der Waals surface area contributed by atoms with E-state index < -0.39 is 0 Å². The zero-order valence-corrected chi connectivity index (χ0v) is 19.3. The van der Waals surface area contributed by atoms with E-state index in [1.54, 1.807) is 7.11 Å². The summed E-state index contributed by atoms with van der Waals surface area (Å²) in [5.41, 5.74) is 1.39. The van der Waals surface area contributed by atoms with Gasteiger partial charge in [-0.3, -0.25) is 9.89 Å². The molecule has 1 heterocycles. The average Bonchev–Trinajstić information content (AvgIpc) is 2.83. The van der Waals surface area contributed by atoms with Gasteiger partial charge in [0.1, 0.15) is 5.75 Å². The first kappa shape index (κ1) is 23.8. The second-order valence-corrected chi connectivity index (χ2v) is 8.51. The zero-order chi connectivity index (χ0) is 21.8. The van der Waals surface area contributed by atoms with Gasteiger partial charge in [-0.2, -0.15) is 0 Å². The molecule has 2 aliphatic rings.